The Morgan fingerprint density at radius 2 is 1.91 bits per heavy atom. The molecule has 0 radical (unpaired) electrons. The normalized spacial score (nSPS) is 19.9. The summed E-state index contributed by atoms with van der Waals surface area (Å²) < 4.78 is 19.2. The quantitative estimate of drug-likeness (QED) is 0.311. The van der Waals surface area contributed by atoms with Crippen molar-refractivity contribution >= 4 is 11.9 Å². The van der Waals surface area contributed by atoms with Gasteiger partial charge in [-0.25, -0.2) is 0 Å². The van der Waals surface area contributed by atoms with Gasteiger partial charge in [0.1, 0.15) is 0 Å². The number of aliphatic carboxylic acids is 1. The van der Waals surface area contributed by atoms with Crippen molar-refractivity contribution in [2.75, 3.05) is 67.8 Å². The molecule has 1 amide bonds. The highest BCUT2D eigenvalue weighted by Gasteiger charge is 2.47. The van der Waals surface area contributed by atoms with Gasteiger partial charge in [0.2, 0.25) is 24.0 Å². The lowest BCUT2D eigenvalue weighted by atomic mass is 9.84. The molecule has 1 saturated heterocycles. The number of quaternary nitrogens is 1. The number of hydrogen-bond acceptors (Lipinski definition) is 7. The van der Waals surface area contributed by atoms with Gasteiger partial charge in [0.05, 0.1) is 47.3 Å². The average Bonchev–Trinajstić information content (AvgIpc) is 3.58. The lowest BCUT2D eigenvalue weighted by molar-refractivity contribution is -0.870. The third-order valence-corrected chi connectivity index (χ3v) is 8.44. The Morgan fingerprint density at radius 3 is 2.58 bits per heavy atom. The van der Waals surface area contributed by atoms with Crippen LogP contribution >= 0.6 is 0 Å². The van der Waals surface area contributed by atoms with Gasteiger partial charge in [-0.2, -0.15) is 0 Å². The fraction of sp³-hybridized carbons (Fsp3) is 0.594. The van der Waals surface area contributed by atoms with Crippen molar-refractivity contribution in [3.63, 3.8) is 0 Å². The minimum Gasteiger partial charge on any atom is -0.493 e. The molecule has 3 unspecified atom stereocenters. The third kappa shape index (κ3) is 8.08. The summed E-state index contributed by atoms with van der Waals surface area (Å²) in [6.07, 6.45) is 4.89. The molecule has 2 aliphatic rings. The molecule has 236 valence electrons. The monoisotopic (exact) mass is 599 g/mol. The number of methoxy groups -OCH3 is 1. The summed E-state index contributed by atoms with van der Waals surface area (Å²) in [7, 11) is 7.96. The molecule has 3 heterocycles. The highest BCUT2D eigenvalue weighted by Crippen LogP contribution is 2.47. The molecular weight excluding hydrogens is 552 g/mol. The zero-order chi connectivity index (χ0) is 31.1. The number of likely N-dealkylation sites (tertiary alicyclic amines) is 1. The number of nitrogens with zero attached hydrogens (tertiary/aromatic N) is 4. The first-order chi connectivity index (χ1) is 20.5. The Balaban J connectivity index is 1.63. The number of amides is 1. The molecule has 0 aliphatic carbocycles. The van der Waals surface area contributed by atoms with Crippen molar-refractivity contribution in [1.29, 1.82) is 0 Å². The molecule has 2 aliphatic heterocycles. The molecule has 0 bridgehead atoms. The molecule has 2 aromatic rings. The third-order valence-electron chi connectivity index (χ3n) is 8.44. The minimum atomic E-state index is -0.937. The maximum atomic E-state index is 13.8. The van der Waals surface area contributed by atoms with Crippen molar-refractivity contribution in [3.8, 4) is 17.2 Å². The van der Waals surface area contributed by atoms with Gasteiger partial charge >= 0.3 is 5.97 Å². The van der Waals surface area contributed by atoms with Crippen LogP contribution in [-0.2, 0) is 16.1 Å². The Bertz CT molecular complexity index is 1320. The number of pyridine rings is 1. The van der Waals surface area contributed by atoms with E-state index in [4.69, 9.17) is 14.2 Å². The highest BCUT2D eigenvalue weighted by molar-refractivity contribution is 5.79. The standard InChI is InChI=1S/C32H46N4O7/c1-6-7-13-33(15-10-17-36(2,3)4)29(38)21-35-20-24(23-18-26(41-5)31-27(19-23)42-22-43-31)30(32(39)40)25(35)12-16-34-14-9-8-11-28(34)37/h8-9,11,14,18-19,24-25,30H,6-7,10,12-13,15-17,20-22H2,1-5H3/p+1. The summed E-state index contributed by atoms with van der Waals surface area (Å²) in [6, 6.07) is 8.15. The molecule has 0 spiro atoms. The molecule has 1 aromatic carbocycles. The van der Waals surface area contributed by atoms with E-state index in [1.165, 1.54) is 6.07 Å². The van der Waals surface area contributed by atoms with Gasteiger partial charge in [-0.05, 0) is 36.6 Å². The molecule has 11 heteroatoms. The fourth-order valence-corrected chi connectivity index (χ4v) is 6.19. The molecule has 11 nitrogen and oxygen atoms in total. The summed E-state index contributed by atoms with van der Waals surface area (Å²) in [5, 5.41) is 10.6. The minimum absolute atomic E-state index is 0.00444. The summed E-state index contributed by atoms with van der Waals surface area (Å²) in [5.74, 6) is -0.656. The number of carboxylic acid groups (broad SMARTS) is 1. The van der Waals surface area contributed by atoms with Crippen molar-refractivity contribution < 1.29 is 33.4 Å². The largest absolute Gasteiger partial charge is 0.493 e. The van der Waals surface area contributed by atoms with E-state index in [9.17, 15) is 19.5 Å². The second kappa shape index (κ2) is 14.3. The lowest BCUT2D eigenvalue weighted by Gasteiger charge is -2.31. The van der Waals surface area contributed by atoms with Crippen LogP contribution in [0.25, 0.3) is 0 Å². The van der Waals surface area contributed by atoms with Crippen LogP contribution in [-0.4, -0.2) is 110 Å². The van der Waals surface area contributed by atoms with Crippen LogP contribution in [0.4, 0.5) is 0 Å². The number of carbonyl (C=O) groups is 2. The van der Waals surface area contributed by atoms with Crippen LogP contribution in [0.5, 0.6) is 17.2 Å². The van der Waals surface area contributed by atoms with Crippen LogP contribution in [0, 0.1) is 5.92 Å². The zero-order valence-corrected chi connectivity index (χ0v) is 26.2. The molecular formula is C32H47N4O7+. The summed E-state index contributed by atoms with van der Waals surface area (Å²) in [6.45, 7) is 5.30. The van der Waals surface area contributed by atoms with E-state index in [2.05, 4.69) is 28.1 Å². The van der Waals surface area contributed by atoms with Gasteiger partial charge < -0.3 is 33.3 Å². The van der Waals surface area contributed by atoms with E-state index in [1.807, 2.05) is 21.9 Å². The van der Waals surface area contributed by atoms with E-state index in [0.29, 0.717) is 49.8 Å². The first-order valence-corrected chi connectivity index (χ1v) is 15.2. The molecule has 1 N–H and O–H groups in total. The maximum Gasteiger partial charge on any atom is 0.308 e. The second-order valence-corrected chi connectivity index (χ2v) is 12.5. The number of hydrogen-bond donors (Lipinski definition) is 1. The van der Waals surface area contributed by atoms with Crippen LogP contribution in [0.15, 0.2) is 41.3 Å². The van der Waals surface area contributed by atoms with Crippen molar-refractivity contribution in [3.05, 3.63) is 52.4 Å². The zero-order valence-electron chi connectivity index (χ0n) is 26.2. The number of ether oxygens (including phenoxy) is 3. The van der Waals surface area contributed by atoms with Crippen molar-refractivity contribution in [1.82, 2.24) is 14.4 Å². The van der Waals surface area contributed by atoms with E-state index in [1.54, 1.807) is 30.0 Å². The predicted octanol–water partition coefficient (Wildman–Crippen LogP) is 2.87. The van der Waals surface area contributed by atoms with Gasteiger partial charge in [0, 0.05) is 56.8 Å². The predicted molar refractivity (Wildman–Crippen MR) is 163 cm³/mol. The van der Waals surface area contributed by atoms with E-state index in [-0.39, 0.29) is 24.8 Å². The van der Waals surface area contributed by atoms with Crippen LogP contribution < -0.4 is 19.8 Å². The molecule has 43 heavy (non-hydrogen) atoms. The lowest BCUT2D eigenvalue weighted by Crippen LogP contribution is -2.46. The Kier molecular flexibility index (Phi) is 10.7. The maximum absolute atomic E-state index is 13.8. The van der Waals surface area contributed by atoms with E-state index >= 15 is 0 Å². The number of aromatic nitrogens is 1. The van der Waals surface area contributed by atoms with Gasteiger partial charge in [-0.3, -0.25) is 19.3 Å². The van der Waals surface area contributed by atoms with Crippen LogP contribution in [0.1, 0.15) is 44.1 Å². The summed E-state index contributed by atoms with van der Waals surface area (Å²) in [5.41, 5.74) is 0.617. The smallest absolute Gasteiger partial charge is 0.308 e. The molecule has 1 fully saturated rings. The average molecular weight is 600 g/mol. The van der Waals surface area contributed by atoms with E-state index in [0.717, 1.165) is 35.9 Å². The molecule has 4 rings (SSSR count). The highest BCUT2D eigenvalue weighted by atomic mass is 16.7. The fourth-order valence-electron chi connectivity index (χ4n) is 6.19. The number of rotatable bonds is 15. The number of aryl methyl sites for hydroxylation is 1. The summed E-state index contributed by atoms with van der Waals surface area (Å²) >= 11 is 0. The first-order valence-electron chi connectivity index (χ1n) is 15.2. The van der Waals surface area contributed by atoms with Crippen molar-refractivity contribution in [2.24, 2.45) is 5.92 Å². The Morgan fingerprint density at radius 1 is 1.14 bits per heavy atom. The van der Waals surface area contributed by atoms with Crippen molar-refractivity contribution in [2.45, 2.75) is 51.1 Å². The second-order valence-electron chi connectivity index (χ2n) is 12.5. The number of fused-ring (bicyclic) bond motifs is 1. The molecule has 3 atom stereocenters. The van der Waals surface area contributed by atoms with Crippen LogP contribution in [0.3, 0.4) is 0 Å². The Hall–Kier alpha value is -3.57. The topological polar surface area (TPSA) is 111 Å². The van der Waals surface area contributed by atoms with Gasteiger partial charge in [0.25, 0.3) is 0 Å². The summed E-state index contributed by atoms with van der Waals surface area (Å²) in [4.78, 5) is 43.2. The first kappa shape index (κ1) is 32.3. The van der Waals surface area contributed by atoms with Gasteiger partial charge in [-0.1, -0.05) is 19.4 Å². The van der Waals surface area contributed by atoms with Crippen LogP contribution in [0.2, 0.25) is 0 Å². The Labute approximate surface area is 254 Å². The van der Waals surface area contributed by atoms with E-state index < -0.39 is 23.8 Å². The number of benzene rings is 1. The van der Waals surface area contributed by atoms with Gasteiger partial charge in [-0.15, -0.1) is 0 Å². The number of carboxylic acids is 1. The molecule has 1 aromatic heterocycles. The van der Waals surface area contributed by atoms with Gasteiger partial charge in [0.15, 0.2) is 11.5 Å². The number of carbonyl (C=O) groups excluding carboxylic acids is 1. The molecule has 0 saturated carbocycles. The SMILES string of the molecule is CCCCN(CCC[N+](C)(C)C)C(=O)CN1CC(c2cc(OC)c3c(c2)OCO3)C(C(=O)O)C1CCn1ccccc1=O. The number of unbranched alkanes of at least 4 members (excludes halogenated alkanes) is 1.